The lowest BCUT2D eigenvalue weighted by atomic mass is 10.2. The number of furan rings is 2. The summed E-state index contributed by atoms with van der Waals surface area (Å²) in [7, 11) is 0. The van der Waals surface area contributed by atoms with Crippen LogP contribution in [0.1, 0.15) is 16.3 Å². The van der Waals surface area contributed by atoms with E-state index < -0.39 is 11.8 Å². The van der Waals surface area contributed by atoms with Crippen molar-refractivity contribution in [3.05, 3.63) is 60.3 Å². The van der Waals surface area contributed by atoms with Gasteiger partial charge in [0.25, 0.3) is 5.91 Å². The van der Waals surface area contributed by atoms with Gasteiger partial charge in [0.1, 0.15) is 17.0 Å². The highest BCUT2D eigenvalue weighted by Crippen LogP contribution is 2.30. The number of carbonyl (C=O) groups excluding carboxylic acids is 2. The number of anilines is 1. The lowest BCUT2D eigenvalue weighted by Gasteiger charge is -2.01. The van der Waals surface area contributed by atoms with Crippen molar-refractivity contribution in [1.29, 1.82) is 0 Å². The number of para-hydroxylation sites is 1. The molecular formula is C16H12N2O4. The highest BCUT2D eigenvalue weighted by molar-refractivity contribution is 6.13. The fourth-order valence-electron chi connectivity index (χ4n) is 2.05. The Labute approximate surface area is 125 Å². The van der Waals surface area contributed by atoms with Crippen molar-refractivity contribution < 1.29 is 18.4 Å². The molecule has 3 N–H and O–H groups in total. The Hall–Kier alpha value is -3.28. The van der Waals surface area contributed by atoms with Crippen LogP contribution in [0.2, 0.25) is 0 Å². The van der Waals surface area contributed by atoms with Crippen LogP contribution in [0.4, 0.5) is 5.69 Å². The second kappa shape index (κ2) is 5.61. The molecule has 0 aliphatic rings. The Balaban J connectivity index is 1.91. The number of benzene rings is 1. The molecule has 6 nitrogen and oxygen atoms in total. The topological polar surface area (TPSA) is 98.5 Å². The van der Waals surface area contributed by atoms with E-state index in [1.807, 2.05) is 0 Å². The first-order chi connectivity index (χ1) is 10.6. The van der Waals surface area contributed by atoms with Crippen LogP contribution >= 0.6 is 0 Å². The van der Waals surface area contributed by atoms with Gasteiger partial charge in [0.2, 0.25) is 11.7 Å². The second-order valence-corrected chi connectivity index (χ2v) is 4.50. The average Bonchev–Trinajstić information content (AvgIpc) is 3.13. The SMILES string of the molecule is NC(=O)c1oc2ccccc2c1NC(=O)/C=C/c1ccco1. The summed E-state index contributed by atoms with van der Waals surface area (Å²) in [5.41, 5.74) is 6.02. The van der Waals surface area contributed by atoms with Crippen molar-refractivity contribution in [1.82, 2.24) is 0 Å². The molecule has 2 amide bonds. The van der Waals surface area contributed by atoms with Crippen LogP contribution in [0.25, 0.3) is 17.0 Å². The van der Waals surface area contributed by atoms with Crippen LogP contribution in [0.5, 0.6) is 0 Å². The van der Waals surface area contributed by atoms with Crippen LogP contribution in [0.15, 0.2) is 57.6 Å². The molecule has 0 unspecified atom stereocenters. The fraction of sp³-hybridized carbons (Fsp3) is 0. The summed E-state index contributed by atoms with van der Waals surface area (Å²) < 4.78 is 10.5. The molecule has 2 aromatic heterocycles. The van der Waals surface area contributed by atoms with E-state index in [9.17, 15) is 9.59 Å². The molecule has 0 bridgehead atoms. The van der Waals surface area contributed by atoms with Gasteiger partial charge in [-0.1, -0.05) is 12.1 Å². The number of fused-ring (bicyclic) bond motifs is 1. The molecular weight excluding hydrogens is 284 g/mol. The number of rotatable bonds is 4. The van der Waals surface area contributed by atoms with Gasteiger partial charge in [0.15, 0.2) is 0 Å². The average molecular weight is 296 g/mol. The van der Waals surface area contributed by atoms with E-state index in [0.29, 0.717) is 16.7 Å². The minimum atomic E-state index is -0.749. The number of carbonyl (C=O) groups is 2. The van der Waals surface area contributed by atoms with E-state index in [2.05, 4.69) is 5.32 Å². The monoisotopic (exact) mass is 296 g/mol. The highest BCUT2D eigenvalue weighted by atomic mass is 16.3. The molecule has 0 saturated heterocycles. The van der Waals surface area contributed by atoms with E-state index in [-0.39, 0.29) is 11.4 Å². The number of primary amides is 1. The number of nitrogens with one attached hydrogen (secondary N) is 1. The summed E-state index contributed by atoms with van der Waals surface area (Å²) in [6, 6.07) is 10.4. The Bertz CT molecular complexity index is 860. The first-order valence-corrected chi connectivity index (χ1v) is 6.49. The molecule has 6 heteroatoms. The summed E-state index contributed by atoms with van der Waals surface area (Å²) in [5.74, 6) is -0.713. The molecule has 0 aliphatic heterocycles. The van der Waals surface area contributed by atoms with E-state index >= 15 is 0 Å². The van der Waals surface area contributed by atoms with Crippen molar-refractivity contribution in [2.45, 2.75) is 0 Å². The summed E-state index contributed by atoms with van der Waals surface area (Å²) in [6.45, 7) is 0. The Morgan fingerprint density at radius 2 is 1.95 bits per heavy atom. The predicted molar refractivity (Wildman–Crippen MR) is 81.1 cm³/mol. The minimum absolute atomic E-state index is 0.0825. The van der Waals surface area contributed by atoms with Crippen LogP contribution in [0, 0.1) is 0 Å². The van der Waals surface area contributed by atoms with E-state index in [1.54, 1.807) is 36.4 Å². The molecule has 0 fully saturated rings. The van der Waals surface area contributed by atoms with Gasteiger partial charge in [0.05, 0.1) is 6.26 Å². The third-order valence-corrected chi connectivity index (χ3v) is 3.01. The van der Waals surface area contributed by atoms with Crippen LogP contribution in [-0.2, 0) is 4.79 Å². The molecule has 2 heterocycles. The second-order valence-electron chi connectivity index (χ2n) is 4.50. The van der Waals surface area contributed by atoms with E-state index in [1.165, 1.54) is 18.4 Å². The third kappa shape index (κ3) is 2.62. The molecule has 0 spiro atoms. The maximum absolute atomic E-state index is 12.0. The number of amides is 2. The van der Waals surface area contributed by atoms with E-state index in [0.717, 1.165) is 0 Å². The molecule has 3 rings (SSSR count). The molecule has 0 aliphatic carbocycles. The summed E-state index contributed by atoms with van der Waals surface area (Å²) in [6.07, 6.45) is 4.32. The van der Waals surface area contributed by atoms with Crippen LogP contribution in [-0.4, -0.2) is 11.8 Å². The van der Waals surface area contributed by atoms with Gasteiger partial charge in [-0.05, 0) is 30.3 Å². The maximum Gasteiger partial charge on any atom is 0.286 e. The standard InChI is InChI=1S/C16H12N2O4/c17-16(20)15-14(11-5-1-2-6-12(11)22-15)18-13(19)8-7-10-4-3-9-21-10/h1-9H,(H2,17,20)(H,18,19)/b8-7+. The van der Waals surface area contributed by atoms with Crippen LogP contribution < -0.4 is 11.1 Å². The zero-order valence-corrected chi connectivity index (χ0v) is 11.4. The largest absolute Gasteiger partial charge is 0.465 e. The lowest BCUT2D eigenvalue weighted by Crippen LogP contribution is -2.15. The third-order valence-electron chi connectivity index (χ3n) is 3.01. The number of hydrogen-bond acceptors (Lipinski definition) is 4. The van der Waals surface area contributed by atoms with Gasteiger partial charge in [-0.3, -0.25) is 9.59 Å². The fourth-order valence-corrected chi connectivity index (χ4v) is 2.05. The van der Waals surface area contributed by atoms with Crippen molar-refractivity contribution in [3.63, 3.8) is 0 Å². The Morgan fingerprint density at radius 3 is 2.68 bits per heavy atom. The zero-order valence-electron chi connectivity index (χ0n) is 11.4. The van der Waals surface area contributed by atoms with Crippen molar-refractivity contribution in [2.24, 2.45) is 5.73 Å². The van der Waals surface area contributed by atoms with Gasteiger partial charge in [-0.2, -0.15) is 0 Å². The summed E-state index contributed by atoms with van der Waals surface area (Å²) >= 11 is 0. The van der Waals surface area contributed by atoms with Gasteiger partial charge in [-0.25, -0.2) is 0 Å². The molecule has 1 aromatic carbocycles. The maximum atomic E-state index is 12.0. The normalized spacial score (nSPS) is 11.1. The Morgan fingerprint density at radius 1 is 1.14 bits per heavy atom. The first-order valence-electron chi connectivity index (χ1n) is 6.49. The van der Waals surface area contributed by atoms with Gasteiger partial charge >= 0.3 is 0 Å². The smallest absolute Gasteiger partial charge is 0.286 e. The van der Waals surface area contributed by atoms with Crippen LogP contribution in [0.3, 0.4) is 0 Å². The first kappa shape index (κ1) is 13.7. The highest BCUT2D eigenvalue weighted by Gasteiger charge is 2.19. The molecule has 22 heavy (non-hydrogen) atoms. The molecule has 110 valence electrons. The van der Waals surface area contributed by atoms with Gasteiger partial charge < -0.3 is 19.9 Å². The summed E-state index contributed by atoms with van der Waals surface area (Å²) in [5, 5.41) is 3.22. The molecule has 0 saturated carbocycles. The van der Waals surface area contributed by atoms with Crippen molar-refractivity contribution >= 4 is 34.5 Å². The lowest BCUT2D eigenvalue weighted by molar-refractivity contribution is -0.111. The zero-order chi connectivity index (χ0) is 15.5. The van der Waals surface area contributed by atoms with Crippen molar-refractivity contribution in [3.8, 4) is 0 Å². The molecule has 0 atom stereocenters. The van der Waals surface area contributed by atoms with Crippen molar-refractivity contribution in [2.75, 3.05) is 5.32 Å². The van der Waals surface area contributed by atoms with Gasteiger partial charge in [0, 0.05) is 11.5 Å². The summed E-state index contributed by atoms with van der Waals surface area (Å²) in [4.78, 5) is 23.5. The minimum Gasteiger partial charge on any atom is -0.465 e. The Kier molecular flexibility index (Phi) is 3.49. The predicted octanol–water partition coefficient (Wildman–Crippen LogP) is 2.78. The van der Waals surface area contributed by atoms with E-state index in [4.69, 9.17) is 14.6 Å². The number of hydrogen-bond donors (Lipinski definition) is 2. The molecule has 3 aromatic rings. The quantitative estimate of drug-likeness (QED) is 0.723. The number of nitrogens with two attached hydrogens (primary N) is 1. The van der Waals surface area contributed by atoms with Gasteiger partial charge in [-0.15, -0.1) is 0 Å². The molecule has 0 radical (unpaired) electrons.